The van der Waals surface area contributed by atoms with Crippen LogP contribution < -0.4 is 0 Å². The molecule has 0 N–H and O–H groups in total. The van der Waals surface area contributed by atoms with Gasteiger partial charge in [0, 0.05) is 28.6 Å². The van der Waals surface area contributed by atoms with Crippen molar-refractivity contribution in [2.75, 3.05) is 7.11 Å². The van der Waals surface area contributed by atoms with Gasteiger partial charge < -0.3 is 4.74 Å². The molecule has 0 saturated heterocycles. The van der Waals surface area contributed by atoms with Crippen molar-refractivity contribution in [2.45, 2.75) is 18.9 Å². The summed E-state index contributed by atoms with van der Waals surface area (Å²) >= 11 is 2.23. The van der Waals surface area contributed by atoms with Crippen LogP contribution in [0.5, 0.6) is 0 Å². The van der Waals surface area contributed by atoms with Gasteiger partial charge in [0.15, 0.2) is 5.78 Å². The molecule has 2 aliphatic carbocycles. The zero-order valence-corrected chi connectivity index (χ0v) is 9.58. The summed E-state index contributed by atoms with van der Waals surface area (Å²) in [4.78, 5) is 11.5. The highest BCUT2D eigenvalue weighted by molar-refractivity contribution is 14.1. The quantitative estimate of drug-likeness (QED) is 0.692. The Labute approximate surface area is 91.2 Å². The van der Waals surface area contributed by atoms with Gasteiger partial charge in [-0.1, -0.05) is 6.08 Å². The maximum Gasteiger partial charge on any atom is 0.160 e. The third-order valence-corrected chi connectivity index (χ3v) is 3.65. The topological polar surface area (TPSA) is 26.3 Å². The van der Waals surface area contributed by atoms with Gasteiger partial charge in [0.05, 0.1) is 6.10 Å². The van der Waals surface area contributed by atoms with Crippen molar-refractivity contribution in [3.05, 3.63) is 21.3 Å². The first-order valence-corrected chi connectivity index (χ1v) is 5.45. The molecule has 2 atom stereocenters. The molecule has 2 unspecified atom stereocenters. The summed E-state index contributed by atoms with van der Waals surface area (Å²) in [6.07, 6.45) is 5.79. The van der Waals surface area contributed by atoms with E-state index in [1.807, 2.05) is 6.08 Å². The van der Waals surface area contributed by atoms with Crippen molar-refractivity contribution in [3.8, 4) is 0 Å². The molecule has 3 heteroatoms. The normalized spacial score (nSPS) is 32.6. The third-order valence-electron chi connectivity index (χ3n) is 2.71. The second kappa shape index (κ2) is 3.53. The Balaban J connectivity index is 2.37. The predicted molar refractivity (Wildman–Crippen MR) is 58.7 cm³/mol. The number of hydrogen-bond donors (Lipinski definition) is 0. The first kappa shape index (κ1) is 9.40. The summed E-state index contributed by atoms with van der Waals surface area (Å²) in [6.45, 7) is 0. The van der Waals surface area contributed by atoms with Gasteiger partial charge in [-0.3, -0.25) is 4.79 Å². The molecule has 2 aliphatic rings. The first-order chi connectivity index (χ1) is 6.24. The van der Waals surface area contributed by atoms with E-state index in [1.54, 1.807) is 7.11 Å². The molecule has 2 nitrogen and oxygen atoms in total. The van der Waals surface area contributed by atoms with Gasteiger partial charge in [0.25, 0.3) is 0 Å². The van der Waals surface area contributed by atoms with Crippen molar-refractivity contribution in [1.82, 2.24) is 0 Å². The lowest BCUT2D eigenvalue weighted by atomic mass is 9.91. The molecule has 0 aromatic rings. The average Bonchev–Trinajstić information content (AvgIpc) is 2.50. The molecule has 70 valence electrons. The number of ketones is 1. The van der Waals surface area contributed by atoms with Crippen LogP contribution in [-0.4, -0.2) is 19.0 Å². The average molecular weight is 290 g/mol. The lowest BCUT2D eigenvalue weighted by Crippen LogP contribution is -2.23. The molecule has 0 aliphatic heterocycles. The Bertz CT molecular complexity index is 304. The summed E-state index contributed by atoms with van der Waals surface area (Å²) in [6, 6.07) is 0. The maximum absolute atomic E-state index is 11.5. The van der Waals surface area contributed by atoms with Gasteiger partial charge >= 0.3 is 0 Å². The number of ether oxygens (including phenoxy) is 1. The van der Waals surface area contributed by atoms with Crippen LogP contribution in [0.25, 0.3) is 0 Å². The number of allylic oxidation sites excluding steroid dienone is 2. The highest BCUT2D eigenvalue weighted by Gasteiger charge is 2.36. The van der Waals surface area contributed by atoms with E-state index >= 15 is 0 Å². The summed E-state index contributed by atoms with van der Waals surface area (Å²) in [5, 5.41) is 0. The van der Waals surface area contributed by atoms with Gasteiger partial charge in [-0.05, 0) is 35.1 Å². The van der Waals surface area contributed by atoms with Crippen LogP contribution in [0.4, 0.5) is 0 Å². The molecule has 0 spiro atoms. The van der Waals surface area contributed by atoms with Crippen molar-refractivity contribution in [1.29, 1.82) is 0 Å². The summed E-state index contributed by atoms with van der Waals surface area (Å²) in [5.74, 6) is 0.621. The number of fused-ring (bicyclic) bond motifs is 1. The van der Waals surface area contributed by atoms with Crippen molar-refractivity contribution in [2.24, 2.45) is 5.92 Å². The Hall–Kier alpha value is -0.160. The Morgan fingerprint density at radius 2 is 2.38 bits per heavy atom. The van der Waals surface area contributed by atoms with Crippen molar-refractivity contribution >= 4 is 28.4 Å². The molecule has 1 saturated carbocycles. The minimum atomic E-state index is 0.111. The largest absolute Gasteiger partial charge is 0.377 e. The second-order valence-electron chi connectivity index (χ2n) is 3.39. The zero-order valence-electron chi connectivity index (χ0n) is 7.42. The van der Waals surface area contributed by atoms with E-state index < -0.39 is 0 Å². The van der Waals surface area contributed by atoms with E-state index in [9.17, 15) is 4.79 Å². The maximum atomic E-state index is 11.5. The van der Waals surface area contributed by atoms with Crippen LogP contribution in [0.3, 0.4) is 0 Å². The predicted octanol–water partition coefficient (Wildman–Crippen LogP) is 2.24. The molecule has 0 aromatic carbocycles. The third kappa shape index (κ3) is 1.48. The standard InChI is InChI=1S/C10H11IO2/c1-13-9-5-3-7(11)10-6(9)2-4-8(10)12/h3,5-6,9H,2,4H2,1H3. The number of carbonyl (C=O) groups is 1. The SMILES string of the molecule is COC1C=CC(I)=C2C(=O)CCC21. The molecule has 0 radical (unpaired) electrons. The van der Waals surface area contributed by atoms with Gasteiger partial charge in [-0.2, -0.15) is 0 Å². The molecular weight excluding hydrogens is 279 g/mol. The number of methoxy groups -OCH3 is 1. The first-order valence-electron chi connectivity index (χ1n) is 4.38. The van der Waals surface area contributed by atoms with Crippen LogP contribution in [-0.2, 0) is 9.53 Å². The van der Waals surface area contributed by atoms with Crippen molar-refractivity contribution < 1.29 is 9.53 Å². The molecule has 0 bridgehead atoms. The number of Topliss-reactive ketones (excluding diaryl/α,β-unsaturated/α-hetero) is 1. The van der Waals surface area contributed by atoms with E-state index in [1.165, 1.54) is 0 Å². The van der Waals surface area contributed by atoms with E-state index in [0.29, 0.717) is 18.1 Å². The highest BCUT2D eigenvalue weighted by atomic mass is 127. The molecule has 0 amide bonds. The van der Waals surface area contributed by atoms with E-state index in [0.717, 1.165) is 15.6 Å². The number of rotatable bonds is 1. The number of hydrogen-bond acceptors (Lipinski definition) is 2. The fourth-order valence-corrected chi connectivity index (χ4v) is 2.97. The second-order valence-corrected chi connectivity index (χ2v) is 4.55. The number of halogens is 1. The van der Waals surface area contributed by atoms with Gasteiger partial charge in [-0.15, -0.1) is 0 Å². The smallest absolute Gasteiger partial charge is 0.160 e. The van der Waals surface area contributed by atoms with Crippen molar-refractivity contribution in [3.63, 3.8) is 0 Å². The highest BCUT2D eigenvalue weighted by Crippen LogP contribution is 2.39. The van der Waals surface area contributed by atoms with Crippen LogP contribution in [0.2, 0.25) is 0 Å². The van der Waals surface area contributed by atoms with Crippen LogP contribution in [0, 0.1) is 5.92 Å². The fraction of sp³-hybridized carbons (Fsp3) is 0.500. The lowest BCUT2D eigenvalue weighted by Gasteiger charge is -2.23. The van der Waals surface area contributed by atoms with E-state index in [4.69, 9.17) is 4.74 Å². The summed E-state index contributed by atoms with van der Waals surface area (Å²) < 4.78 is 6.42. The Morgan fingerprint density at radius 1 is 1.62 bits per heavy atom. The number of carbonyl (C=O) groups excluding carboxylic acids is 1. The molecule has 0 aromatic heterocycles. The van der Waals surface area contributed by atoms with E-state index in [-0.39, 0.29) is 6.10 Å². The summed E-state index contributed by atoms with van der Waals surface area (Å²) in [7, 11) is 1.70. The zero-order chi connectivity index (χ0) is 9.42. The molecule has 13 heavy (non-hydrogen) atoms. The van der Waals surface area contributed by atoms with Crippen LogP contribution in [0.1, 0.15) is 12.8 Å². The Kier molecular flexibility index (Phi) is 2.55. The van der Waals surface area contributed by atoms with Gasteiger partial charge in [-0.25, -0.2) is 0 Å². The minimum Gasteiger partial charge on any atom is -0.377 e. The molecule has 2 rings (SSSR count). The monoisotopic (exact) mass is 290 g/mol. The molecule has 0 heterocycles. The molecular formula is C10H11IO2. The molecule has 1 fully saturated rings. The fourth-order valence-electron chi connectivity index (χ4n) is 2.06. The lowest BCUT2D eigenvalue weighted by molar-refractivity contribution is -0.114. The van der Waals surface area contributed by atoms with Gasteiger partial charge in [0.1, 0.15) is 0 Å². The summed E-state index contributed by atoms with van der Waals surface area (Å²) in [5.41, 5.74) is 0.995. The van der Waals surface area contributed by atoms with Crippen LogP contribution >= 0.6 is 22.6 Å². The van der Waals surface area contributed by atoms with Crippen LogP contribution in [0.15, 0.2) is 21.3 Å². The minimum absolute atomic E-state index is 0.111. The Morgan fingerprint density at radius 3 is 3.08 bits per heavy atom. The van der Waals surface area contributed by atoms with E-state index in [2.05, 4.69) is 28.7 Å². The van der Waals surface area contributed by atoms with Gasteiger partial charge in [0.2, 0.25) is 0 Å².